The summed E-state index contributed by atoms with van der Waals surface area (Å²) in [5.41, 5.74) is 5.90. The molecule has 3 N–H and O–H groups in total. The van der Waals surface area contributed by atoms with Gasteiger partial charge in [-0.15, -0.1) is 0 Å². The Balaban J connectivity index is 3.28. The molecule has 1 aromatic rings. The van der Waals surface area contributed by atoms with Gasteiger partial charge in [-0.05, 0) is 22.0 Å². The second kappa shape index (κ2) is 2.68. The van der Waals surface area contributed by atoms with E-state index in [1.807, 2.05) is 0 Å². The molecule has 0 spiro atoms. The molecule has 0 aromatic heterocycles. The van der Waals surface area contributed by atoms with Crippen LogP contribution in [0.1, 0.15) is 0 Å². The van der Waals surface area contributed by atoms with Crippen molar-refractivity contribution in [1.82, 2.24) is 0 Å². The quantitative estimate of drug-likeness (QED) is 0.662. The van der Waals surface area contributed by atoms with E-state index in [1.54, 1.807) is 6.07 Å². The van der Waals surface area contributed by atoms with E-state index in [1.165, 1.54) is 6.07 Å². The zero-order valence-corrected chi connectivity index (χ0v) is 7.28. The van der Waals surface area contributed by atoms with Crippen molar-refractivity contribution in [3.63, 3.8) is 0 Å². The van der Waals surface area contributed by atoms with Crippen LogP contribution in [-0.4, -0.2) is 5.11 Å². The van der Waals surface area contributed by atoms with Crippen LogP contribution in [0.4, 0.5) is 5.69 Å². The van der Waals surface area contributed by atoms with E-state index in [2.05, 4.69) is 15.9 Å². The SMILES string of the molecule is Nc1cc(O)c(Cl)cc1Br. The third-order valence-corrected chi connectivity index (χ3v) is 2.06. The Kier molecular flexibility index (Phi) is 2.06. The van der Waals surface area contributed by atoms with Crippen molar-refractivity contribution in [1.29, 1.82) is 0 Å². The topological polar surface area (TPSA) is 46.2 Å². The Bertz CT molecular complexity index is 214. The molecule has 0 aliphatic rings. The molecule has 1 aromatic carbocycles. The molecule has 0 aliphatic carbocycles. The molecular weight excluding hydrogens is 217 g/mol. The molecule has 0 atom stereocenters. The van der Waals surface area contributed by atoms with Crippen LogP contribution in [0.15, 0.2) is 16.6 Å². The Hall–Kier alpha value is -0.410. The number of nitrogens with two attached hydrogens (primary N) is 1. The molecule has 0 aliphatic heterocycles. The summed E-state index contributed by atoms with van der Waals surface area (Å²) in [5.74, 6) is 0.00219. The highest BCUT2D eigenvalue weighted by Crippen LogP contribution is 2.31. The van der Waals surface area contributed by atoms with Crippen LogP contribution in [0, 0.1) is 0 Å². The standard InChI is InChI=1S/C6H5BrClNO/c7-3-1-4(8)6(10)2-5(3)9/h1-2,10H,9H2. The molecule has 0 amide bonds. The summed E-state index contributed by atoms with van der Waals surface area (Å²) in [6.07, 6.45) is 0. The molecule has 0 bridgehead atoms. The first-order chi connectivity index (χ1) is 4.61. The zero-order chi connectivity index (χ0) is 7.72. The van der Waals surface area contributed by atoms with Crippen molar-refractivity contribution >= 4 is 33.2 Å². The number of nitrogen functional groups attached to an aromatic ring is 1. The van der Waals surface area contributed by atoms with E-state index < -0.39 is 0 Å². The molecule has 0 unspecified atom stereocenters. The van der Waals surface area contributed by atoms with E-state index in [4.69, 9.17) is 22.4 Å². The largest absolute Gasteiger partial charge is 0.506 e. The van der Waals surface area contributed by atoms with Gasteiger partial charge in [-0.1, -0.05) is 11.6 Å². The Morgan fingerprint density at radius 1 is 1.50 bits per heavy atom. The fourth-order valence-corrected chi connectivity index (χ4v) is 1.19. The Morgan fingerprint density at radius 2 is 2.10 bits per heavy atom. The minimum absolute atomic E-state index is 0.00219. The number of halogens is 2. The number of hydrogen-bond donors (Lipinski definition) is 2. The summed E-state index contributed by atoms with van der Waals surface area (Å²) >= 11 is 8.71. The zero-order valence-electron chi connectivity index (χ0n) is 4.94. The Labute approximate surface area is 71.7 Å². The second-order valence-corrected chi connectivity index (χ2v) is 3.09. The summed E-state index contributed by atoms with van der Waals surface area (Å²) < 4.78 is 0.690. The molecule has 0 radical (unpaired) electrons. The predicted molar refractivity (Wildman–Crippen MR) is 45.2 cm³/mol. The van der Waals surface area contributed by atoms with Gasteiger partial charge in [-0.3, -0.25) is 0 Å². The fourth-order valence-electron chi connectivity index (χ4n) is 0.554. The monoisotopic (exact) mass is 221 g/mol. The number of phenols is 1. The maximum absolute atomic E-state index is 8.99. The van der Waals surface area contributed by atoms with Gasteiger partial charge < -0.3 is 10.8 Å². The van der Waals surface area contributed by atoms with E-state index in [9.17, 15) is 0 Å². The normalized spacial score (nSPS) is 9.80. The van der Waals surface area contributed by atoms with Gasteiger partial charge in [0.25, 0.3) is 0 Å². The molecule has 2 nitrogen and oxygen atoms in total. The first kappa shape index (κ1) is 7.69. The lowest BCUT2D eigenvalue weighted by Gasteiger charge is -1.99. The van der Waals surface area contributed by atoms with Crippen LogP contribution in [0.3, 0.4) is 0 Å². The lowest BCUT2D eigenvalue weighted by Crippen LogP contribution is -1.85. The van der Waals surface area contributed by atoms with Gasteiger partial charge >= 0.3 is 0 Å². The van der Waals surface area contributed by atoms with Crippen molar-refractivity contribution in [2.45, 2.75) is 0 Å². The highest BCUT2D eigenvalue weighted by Gasteiger charge is 2.01. The number of benzene rings is 1. The van der Waals surface area contributed by atoms with Crippen molar-refractivity contribution in [2.75, 3.05) is 5.73 Å². The molecule has 0 saturated heterocycles. The van der Waals surface area contributed by atoms with Gasteiger partial charge in [0.2, 0.25) is 0 Å². The van der Waals surface area contributed by atoms with Gasteiger partial charge in [0.15, 0.2) is 0 Å². The first-order valence-electron chi connectivity index (χ1n) is 2.54. The van der Waals surface area contributed by atoms with Crippen LogP contribution in [0.5, 0.6) is 5.75 Å². The van der Waals surface area contributed by atoms with Crippen molar-refractivity contribution in [2.24, 2.45) is 0 Å². The number of aromatic hydroxyl groups is 1. The number of phenolic OH excluding ortho intramolecular Hbond substituents is 1. The molecule has 1 rings (SSSR count). The molecular formula is C6H5BrClNO. The van der Waals surface area contributed by atoms with Crippen LogP contribution in [0.25, 0.3) is 0 Å². The van der Waals surface area contributed by atoms with E-state index in [0.717, 1.165) is 0 Å². The minimum atomic E-state index is 0.00219. The minimum Gasteiger partial charge on any atom is -0.506 e. The number of rotatable bonds is 0. The van der Waals surface area contributed by atoms with Gasteiger partial charge in [-0.25, -0.2) is 0 Å². The van der Waals surface area contributed by atoms with E-state index >= 15 is 0 Å². The van der Waals surface area contributed by atoms with Gasteiger partial charge in [0.1, 0.15) is 5.75 Å². The third kappa shape index (κ3) is 1.36. The maximum atomic E-state index is 8.99. The lowest BCUT2D eigenvalue weighted by molar-refractivity contribution is 0.476. The fraction of sp³-hybridized carbons (Fsp3) is 0. The van der Waals surface area contributed by atoms with Crippen LogP contribution in [0.2, 0.25) is 5.02 Å². The summed E-state index contributed by atoms with van der Waals surface area (Å²) in [6, 6.07) is 2.94. The van der Waals surface area contributed by atoms with E-state index in [-0.39, 0.29) is 5.75 Å². The predicted octanol–water partition coefficient (Wildman–Crippen LogP) is 2.39. The van der Waals surface area contributed by atoms with Gasteiger partial charge in [-0.2, -0.15) is 0 Å². The van der Waals surface area contributed by atoms with Gasteiger partial charge in [0.05, 0.1) is 5.02 Å². The average Bonchev–Trinajstić information content (AvgIpc) is 1.84. The second-order valence-electron chi connectivity index (χ2n) is 1.83. The summed E-state index contributed by atoms with van der Waals surface area (Å²) in [7, 11) is 0. The summed E-state index contributed by atoms with van der Waals surface area (Å²) in [5, 5.41) is 9.28. The molecule has 54 valence electrons. The van der Waals surface area contributed by atoms with Crippen LogP contribution >= 0.6 is 27.5 Å². The summed E-state index contributed by atoms with van der Waals surface area (Å²) in [6.45, 7) is 0. The van der Waals surface area contributed by atoms with Gasteiger partial charge in [0, 0.05) is 16.2 Å². The van der Waals surface area contributed by atoms with Crippen molar-refractivity contribution < 1.29 is 5.11 Å². The van der Waals surface area contributed by atoms with Crippen molar-refractivity contribution in [3.8, 4) is 5.75 Å². The number of anilines is 1. The molecule has 0 heterocycles. The average molecular weight is 222 g/mol. The smallest absolute Gasteiger partial charge is 0.136 e. The molecule has 0 saturated carbocycles. The van der Waals surface area contributed by atoms with Crippen LogP contribution < -0.4 is 5.73 Å². The third-order valence-electron chi connectivity index (χ3n) is 1.07. The number of hydrogen-bond acceptors (Lipinski definition) is 2. The first-order valence-corrected chi connectivity index (χ1v) is 3.72. The van der Waals surface area contributed by atoms with E-state index in [0.29, 0.717) is 15.2 Å². The molecule has 4 heteroatoms. The van der Waals surface area contributed by atoms with Crippen LogP contribution in [-0.2, 0) is 0 Å². The molecule has 0 fully saturated rings. The lowest BCUT2D eigenvalue weighted by atomic mass is 10.3. The highest BCUT2D eigenvalue weighted by molar-refractivity contribution is 9.10. The van der Waals surface area contributed by atoms with Crippen molar-refractivity contribution in [3.05, 3.63) is 21.6 Å². The highest BCUT2D eigenvalue weighted by atomic mass is 79.9. The molecule has 10 heavy (non-hydrogen) atoms. The maximum Gasteiger partial charge on any atom is 0.136 e. The summed E-state index contributed by atoms with van der Waals surface area (Å²) in [4.78, 5) is 0. The Morgan fingerprint density at radius 3 is 2.60 bits per heavy atom.